The fraction of sp³-hybridized carbons (Fsp3) is 0.347. The first-order chi connectivity index (χ1) is 68.2. The summed E-state index contributed by atoms with van der Waals surface area (Å²) in [5.74, 6) is 1.53. The van der Waals surface area contributed by atoms with E-state index in [1.807, 2.05) is 144 Å². The highest BCUT2D eigenvalue weighted by Crippen LogP contribution is 2.62. The van der Waals surface area contributed by atoms with Crippen molar-refractivity contribution in [3.8, 4) is 40.6 Å². The van der Waals surface area contributed by atoms with Gasteiger partial charge in [0.05, 0.1) is 91.8 Å². The van der Waals surface area contributed by atoms with Gasteiger partial charge in [-0.3, -0.25) is 19.2 Å². The van der Waals surface area contributed by atoms with E-state index in [1.54, 1.807) is 149 Å². The molecule has 11 aromatic rings. The largest absolute Gasteiger partial charge is 0.496 e. The number of methoxy groups -OCH3 is 2. The van der Waals surface area contributed by atoms with Gasteiger partial charge in [-0.05, 0) is 254 Å². The Morgan fingerprint density at radius 2 is 1.20 bits per heavy atom. The Kier molecular flexibility index (Phi) is 47.1. The molecule has 0 saturated heterocycles. The molecule has 2 aromatic heterocycles. The monoisotopic (exact) mass is 2140 g/mol. The number of aryl methyl sites for hydroxylation is 4. The Bertz CT molecular complexity index is 6470. The van der Waals surface area contributed by atoms with Crippen molar-refractivity contribution in [1.29, 1.82) is 5.26 Å². The van der Waals surface area contributed by atoms with E-state index < -0.39 is 35.5 Å². The molecule has 1 saturated carbocycles. The molecule has 3 heterocycles. The third-order valence-electron chi connectivity index (χ3n) is 20.7. The molecular formula is C101H118Cl3N13O19P2S5. The van der Waals surface area contributed by atoms with Crippen molar-refractivity contribution in [1.82, 2.24) is 43.5 Å². The van der Waals surface area contributed by atoms with Gasteiger partial charge in [-0.25, -0.2) is 28.2 Å². The maximum Gasteiger partial charge on any atom is 0.426 e. The summed E-state index contributed by atoms with van der Waals surface area (Å²) >= 11 is 32.0. The fourth-order valence-corrected chi connectivity index (χ4v) is 21.6. The van der Waals surface area contributed by atoms with Crippen LogP contribution < -0.4 is 34.8 Å². The van der Waals surface area contributed by atoms with Crippen LogP contribution in [0.5, 0.6) is 34.5 Å². The standard InChI is InChI=1S/C22H19Cl2NO3.C20H30N2O5S.C19H23N3.C18H18ClNO5.C12H16N3O3PS2.C10H12N3O3PS2/c1-22(2)17(12-19(23)24)20(22)21(26)28-18(13-25)14-7-6-10-16(11-14)27-15-8-4-3-5-9-15;1-7-25-17(23)11-12-22(14(2)3)28-21(6)19(24)26-16-10-8-9-15-13-20(4,5)27-18(15)16;1-14-6-8-18(16(3)10-14)20-12-22(5)13-21-19-9-7-15(2)11-17(19)4;1-4-24-20-17(25-18(21)12-8-6-5-7-9-12)15-14(22-2)11-10-13(19)16(15)23-3;1-3-17-19(20,18-4-2)21-9-15-12(16)10-7-5-6-8-11(10)13-14-15;1-15-17(18,16-2)19-7-13-10(14)8-5-3-4-6-9(8)11-12-13/h3-12,17-18,20H,1-2H3;8-10,14H,7,11-13H2,1-6H3;6-13H,1-5H3;5-11H,4H2,1-3H3;5-8H,3-4,9H2,1-2H3;3-6H,7H2,1-2H3/b;;;20-17-;;/t17-,18?,20-;;;;;/m0...../s1. The minimum atomic E-state index is -2.44. The van der Waals surface area contributed by atoms with E-state index >= 15 is 0 Å². The Labute approximate surface area is 871 Å². The number of benzene rings is 9. The average Bonchev–Trinajstić information content (AvgIpc) is 1.56. The Morgan fingerprint density at radius 3 is 1.72 bits per heavy atom. The summed E-state index contributed by atoms with van der Waals surface area (Å²) in [5, 5.41) is 30.6. The summed E-state index contributed by atoms with van der Waals surface area (Å²) in [7, 11) is 9.48. The minimum Gasteiger partial charge on any atom is -0.496 e. The summed E-state index contributed by atoms with van der Waals surface area (Å²) < 4.78 is 71.2. The van der Waals surface area contributed by atoms with Crippen LogP contribution in [-0.4, -0.2) is 173 Å². The number of nitriles is 1. The number of rotatable bonds is 36. The molecule has 1 aliphatic carbocycles. The van der Waals surface area contributed by atoms with Crippen molar-refractivity contribution in [3.05, 3.63) is 281 Å². The number of para-hydroxylation sites is 2. The van der Waals surface area contributed by atoms with Gasteiger partial charge in [-0.15, -0.1) is 10.2 Å². The number of carbonyl (C=O) groups is 4. The number of hydrogen-bond donors (Lipinski definition) is 0. The lowest BCUT2D eigenvalue weighted by Gasteiger charge is -2.28. The van der Waals surface area contributed by atoms with Crippen molar-refractivity contribution in [2.45, 2.75) is 139 Å². The normalized spacial score (nSPS) is 13.9. The first kappa shape index (κ1) is 117. The first-order valence-corrected chi connectivity index (χ1v) is 55.2. The van der Waals surface area contributed by atoms with Crippen LogP contribution >= 0.6 is 81.1 Å². The summed E-state index contributed by atoms with van der Waals surface area (Å²) in [6.07, 6.45) is 4.71. The maximum absolute atomic E-state index is 12.6. The molecule has 42 heteroatoms. The molecule has 32 nitrogen and oxygen atoms in total. The molecule has 762 valence electrons. The van der Waals surface area contributed by atoms with Crippen molar-refractivity contribution < 1.29 is 80.0 Å². The van der Waals surface area contributed by atoms with Gasteiger partial charge in [-0.2, -0.15) is 14.6 Å². The number of fused-ring (bicyclic) bond motifs is 3. The second kappa shape index (κ2) is 57.5. The molecule has 1 aliphatic heterocycles. The second-order valence-corrected chi connectivity index (χ2v) is 48.0. The van der Waals surface area contributed by atoms with Gasteiger partial charge in [0.1, 0.15) is 68.4 Å². The van der Waals surface area contributed by atoms with Crippen LogP contribution in [0.3, 0.4) is 0 Å². The van der Waals surface area contributed by atoms with E-state index in [9.17, 15) is 34.0 Å². The smallest absolute Gasteiger partial charge is 0.426 e. The number of aromatic nitrogens is 6. The lowest BCUT2D eigenvalue weighted by molar-refractivity contribution is -0.149. The van der Waals surface area contributed by atoms with E-state index in [1.165, 1.54) is 99.3 Å². The maximum atomic E-state index is 12.6. The van der Waals surface area contributed by atoms with Gasteiger partial charge in [0.15, 0.2) is 17.2 Å². The zero-order valence-electron chi connectivity index (χ0n) is 83.1. The number of ether oxygens (including phenoxy) is 8. The van der Waals surface area contributed by atoms with Crippen LogP contribution in [0, 0.1) is 56.3 Å². The van der Waals surface area contributed by atoms with Gasteiger partial charge in [-0.1, -0.05) is 179 Å². The summed E-state index contributed by atoms with van der Waals surface area (Å²) in [4.78, 5) is 89.6. The summed E-state index contributed by atoms with van der Waals surface area (Å²) in [5.41, 5.74) is 4.34. The van der Waals surface area contributed by atoms with E-state index in [4.69, 9.17) is 119 Å². The molecule has 0 bridgehead atoms. The van der Waals surface area contributed by atoms with Crippen LogP contribution in [0.15, 0.2) is 235 Å². The van der Waals surface area contributed by atoms with Crippen molar-refractivity contribution >= 4 is 180 Å². The Morgan fingerprint density at radius 1 is 0.657 bits per heavy atom. The van der Waals surface area contributed by atoms with E-state index in [2.05, 4.69) is 87.7 Å². The summed E-state index contributed by atoms with van der Waals surface area (Å²) in [6, 6.07) is 62.4. The number of carbonyl (C=O) groups excluding carboxylic acids is 4. The minimum absolute atomic E-state index is 0.105. The number of esters is 3. The van der Waals surface area contributed by atoms with Crippen LogP contribution in [0.2, 0.25) is 5.02 Å². The quantitative estimate of drug-likeness (QED) is 0.00669. The van der Waals surface area contributed by atoms with Crippen LogP contribution in [-0.2, 0) is 88.5 Å². The van der Waals surface area contributed by atoms with E-state index in [-0.39, 0.29) is 92.5 Å². The van der Waals surface area contributed by atoms with E-state index in [0.717, 1.165) is 23.4 Å². The third kappa shape index (κ3) is 35.9. The molecule has 2 aliphatic rings. The van der Waals surface area contributed by atoms with Crippen molar-refractivity contribution in [2.75, 3.05) is 75.5 Å². The average molecular weight is 2150 g/mol. The highest BCUT2D eigenvalue weighted by atomic mass is 35.5. The predicted octanol–water partition coefficient (Wildman–Crippen LogP) is 23.8. The molecular weight excluding hydrogens is 2030 g/mol. The lowest BCUT2D eigenvalue weighted by atomic mass is 10.0. The topological polar surface area (TPSA) is 354 Å². The van der Waals surface area contributed by atoms with Gasteiger partial charge < -0.3 is 65.7 Å². The molecule has 1 amide bonds. The van der Waals surface area contributed by atoms with Gasteiger partial charge >= 0.3 is 24.0 Å². The van der Waals surface area contributed by atoms with Crippen molar-refractivity contribution in [2.24, 2.45) is 32.4 Å². The number of amides is 1. The third-order valence-corrected chi connectivity index (χ3v) is 33.4. The molecule has 13 rings (SSSR count). The number of halogens is 3. The zero-order chi connectivity index (χ0) is 105. The van der Waals surface area contributed by atoms with Gasteiger partial charge in [0.25, 0.3) is 17.0 Å². The highest BCUT2D eigenvalue weighted by Gasteiger charge is 2.62. The molecule has 0 spiro atoms. The van der Waals surface area contributed by atoms with Crippen LogP contribution in [0.1, 0.15) is 131 Å². The Balaban J connectivity index is 0.000000211. The second-order valence-electron chi connectivity index (χ2n) is 32.6. The van der Waals surface area contributed by atoms with E-state index in [0.29, 0.717) is 93.1 Å². The summed E-state index contributed by atoms with van der Waals surface area (Å²) in [6.45, 7) is 29.5. The number of aliphatic imine (C=N–C) groups is 2. The Hall–Kier alpha value is -11.1. The number of nitrogens with zero attached hydrogens (tertiary/aromatic N) is 13. The van der Waals surface area contributed by atoms with Crippen LogP contribution in [0.4, 0.5) is 16.2 Å². The lowest BCUT2D eigenvalue weighted by Crippen LogP contribution is -2.34. The van der Waals surface area contributed by atoms with Crippen molar-refractivity contribution in [3.63, 3.8) is 0 Å². The fourth-order valence-electron chi connectivity index (χ4n) is 13.5. The number of allylic oxidation sites excluding steroid dienone is 1. The molecule has 0 N–H and O–H groups in total. The molecule has 1 fully saturated rings. The van der Waals surface area contributed by atoms with Gasteiger partial charge in [0, 0.05) is 70.6 Å². The van der Waals surface area contributed by atoms with Crippen LogP contribution in [0.25, 0.3) is 21.8 Å². The zero-order valence-corrected chi connectivity index (χ0v) is 91.2. The first-order valence-electron chi connectivity index (χ1n) is 44.9. The molecule has 3 atom stereocenters. The number of oxime groups is 1. The molecule has 0 radical (unpaired) electrons. The molecule has 1 unspecified atom stereocenters. The number of hydrogen-bond acceptors (Lipinski definition) is 33. The molecule has 9 aromatic carbocycles. The molecule has 143 heavy (non-hydrogen) atoms. The SMILES string of the molecule is CC1(C)[C@H](C(=O)OC(C#N)c2cccc(Oc3ccccc3)c2)[C@@H]1C=C(Cl)Cl.CCO/N=C(\OC(=O)c1ccccc1)c1c(OC)ccc(Cl)c1OC.CCOC(=O)CCN(SN(C)C(=O)Oc1cccc2c1OC(C)(C)C2)C(C)C.CCOP(=S)(OCC)SCn1nnc2ccccc2c1=O.COP(=S)(OC)SCn1nnc2ccccc2c1=O.Cc1ccc(N=CN(C)C=Nc2ccc(C)cc2C)c(C)c1. The van der Waals surface area contributed by atoms with Gasteiger partial charge in [0.2, 0.25) is 17.5 Å². The predicted molar refractivity (Wildman–Crippen MR) is 576 cm³/mol. The highest BCUT2D eigenvalue weighted by molar-refractivity contribution is 8.67.